The topological polar surface area (TPSA) is 43.6 Å². The van der Waals surface area contributed by atoms with Gasteiger partial charge in [0.05, 0.1) is 6.61 Å². The lowest BCUT2D eigenvalue weighted by Crippen LogP contribution is -2.22. The fraction of sp³-hybridized carbons (Fsp3) is 0.250. The van der Waals surface area contributed by atoms with E-state index < -0.39 is 0 Å². The van der Waals surface area contributed by atoms with Crippen molar-refractivity contribution in [3.05, 3.63) is 102 Å². The fourth-order valence-corrected chi connectivity index (χ4v) is 2.93. The van der Waals surface area contributed by atoms with Crippen LogP contribution in [0.5, 0.6) is 0 Å². The van der Waals surface area contributed by atoms with E-state index in [0.717, 1.165) is 6.42 Å². The number of rotatable bonds is 9. The zero-order valence-corrected chi connectivity index (χ0v) is 16.0. The Kier molecular flexibility index (Phi) is 7.77. The molecule has 0 fully saturated rings. The standard InChI is InChI=1S/C24H26N2O2/c27-24(15-9-18-28-19-16-21-10-3-1-4-11-21)25-23-14-7-8-17-26(23)20-22-12-5-2-6-13-22/h1-8,10-14,17H,9,15-16,18-20H2. The molecule has 28 heavy (non-hydrogen) atoms. The van der Waals surface area contributed by atoms with Crippen molar-refractivity contribution in [1.29, 1.82) is 0 Å². The summed E-state index contributed by atoms with van der Waals surface area (Å²) in [6, 6.07) is 26.1. The van der Waals surface area contributed by atoms with E-state index in [2.05, 4.69) is 29.3 Å². The van der Waals surface area contributed by atoms with Gasteiger partial charge in [-0.15, -0.1) is 0 Å². The van der Waals surface area contributed by atoms with E-state index in [9.17, 15) is 4.79 Å². The summed E-state index contributed by atoms with van der Waals surface area (Å²) < 4.78 is 7.63. The molecule has 2 aromatic carbocycles. The molecule has 1 heterocycles. The first-order valence-corrected chi connectivity index (χ1v) is 9.70. The predicted octanol–water partition coefficient (Wildman–Crippen LogP) is 4.00. The number of hydrogen-bond donors (Lipinski definition) is 0. The van der Waals surface area contributed by atoms with Crippen LogP contribution in [0, 0.1) is 0 Å². The number of ether oxygens (including phenoxy) is 1. The number of amides is 1. The van der Waals surface area contributed by atoms with Crippen molar-refractivity contribution in [2.75, 3.05) is 13.2 Å². The number of benzene rings is 2. The van der Waals surface area contributed by atoms with Gasteiger partial charge in [0.15, 0.2) is 0 Å². The first-order valence-electron chi connectivity index (χ1n) is 9.70. The Balaban J connectivity index is 1.45. The maximum absolute atomic E-state index is 12.2. The minimum absolute atomic E-state index is 0.111. The molecular weight excluding hydrogens is 348 g/mol. The van der Waals surface area contributed by atoms with Gasteiger partial charge in [0.1, 0.15) is 5.49 Å². The maximum Gasteiger partial charge on any atom is 0.247 e. The van der Waals surface area contributed by atoms with Crippen molar-refractivity contribution in [3.8, 4) is 0 Å². The molecule has 0 saturated carbocycles. The second-order valence-corrected chi connectivity index (χ2v) is 6.63. The van der Waals surface area contributed by atoms with Gasteiger partial charge in [-0.2, -0.15) is 4.99 Å². The van der Waals surface area contributed by atoms with Crippen LogP contribution in [0.2, 0.25) is 0 Å². The molecular formula is C24H26N2O2. The zero-order valence-electron chi connectivity index (χ0n) is 16.0. The Morgan fingerprint density at radius 1 is 0.821 bits per heavy atom. The summed E-state index contributed by atoms with van der Waals surface area (Å²) in [5.74, 6) is -0.111. The molecule has 0 atom stereocenters. The minimum atomic E-state index is -0.111. The molecule has 0 N–H and O–H groups in total. The largest absolute Gasteiger partial charge is 0.381 e. The monoisotopic (exact) mass is 374 g/mol. The summed E-state index contributed by atoms with van der Waals surface area (Å²) >= 11 is 0. The van der Waals surface area contributed by atoms with Gasteiger partial charge in [0, 0.05) is 25.8 Å². The maximum atomic E-state index is 12.2. The summed E-state index contributed by atoms with van der Waals surface area (Å²) in [5.41, 5.74) is 3.12. The first kappa shape index (κ1) is 19.8. The first-order chi connectivity index (χ1) is 13.8. The summed E-state index contributed by atoms with van der Waals surface area (Å²) in [6.07, 6.45) is 3.92. The van der Waals surface area contributed by atoms with Crippen LogP contribution in [0.1, 0.15) is 24.0 Å². The molecule has 0 aliphatic carbocycles. The van der Waals surface area contributed by atoms with Crippen LogP contribution in [0.25, 0.3) is 0 Å². The average Bonchev–Trinajstić information content (AvgIpc) is 2.73. The van der Waals surface area contributed by atoms with Crippen LogP contribution < -0.4 is 5.49 Å². The number of carbonyl (C=O) groups excluding carboxylic acids is 1. The molecule has 0 aliphatic rings. The molecule has 4 heteroatoms. The van der Waals surface area contributed by atoms with Gasteiger partial charge in [-0.1, -0.05) is 66.7 Å². The van der Waals surface area contributed by atoms with E-state index >= 15 is 0 Å². The van der Waals surface area contributed by atoms with Crippen LogP contribution in [-0.4, -0.2) is 23.7 Å². The van der Waals surface area contributed by atoms with Crippen LogP contribution in [0.4, 0.5) is 0 Å². The minimum Gasteiger partial charge on any atom is -0.381 e. The highest BCUT2D eigenvalue weighted by Crippen LogP contribution is 2.02. The third-order valence-corrected chi connectivity index (χ3v) is 4.41. The third-order valence-electron chi connectivity index (χ3n) is 4.41. The molecule has 0 bridgehead atoms. The summed E-state index contributed by atoms with van der Waals surface area (Å²) in [4.78, 5) is 16.5. The van der Waals surface area contributed by atoms with E-state index in [-0.39, 0.29) is 5.91 Å². The molecule has 0 radical (unpaired) electrons. The van der Waals surface area contributed by atoms with Crippen LogP contribution >= 0.6 is 0 Å². The van der Waals surface area contributed by atoms with Gasteiger partial charge in [-0.3, -0.25) is 4.79 Å². The quantitative estimate of drug-likeness (QED) is 0.531. The Hall–Kier alpha value is -2.98. The van der Waals surface area contributed by atoms with Gasteiger partial charge in [-0.05, 0) is 36.1 Å². The number of pyridine rings is 1. The van der Waals surface area contributed by atoms with Gasteiger partial charge in [0.25, 0.3) is 0 Å². The number of nitrogens with zero attached hydrogens (tertiary/aromatic N) is 2. The Labute approximate surface area is 166 Å². The molecule has 1 amide bonds. The summed E-state index contributed by atoms with van der Waals surface area (Å²) in [7, 11) is 0. The van der Waals surface area contributed by atoms with Crippen molar-refractivity contribution in [3.63, 3.8) is 0 Å². The molecule has 0 spiro atoms. The number of carbonyl (C=O) groups is 1. The molecule has 3 aromatic rings. The van der Waals surface area contributed by atoms with E-state index in [0.29, 0.717) is 38.1 Å². The van der Waals surface area contributed by atoms with Gasteiger partial charge >= 0.3 is 0 Å². The second-order valence-electron chi connectivity index (χ2n) is 6.63. The molecule has 0 saturated heterocycles. The van der Waals surface area contributed by atoms with Crippen LogP contribution in [0.15, 0.2) is 90.1 Å². The lowest BCUT2D eigenvalue weighted by Gasteiger charge is -2.07. The van der Waals surface area contributed by atoms with Crippen LogP contribution in [-0.2, 0) is 22.5 Å². The van der Waals surface area contributed by atoms with Crippen molar-refractivity contribution < 1.29 is 9.53 Å². The lowest BCUT2D eigenvalue weighted by atomic mass is 10.2. The molecule has 144 valence electrons. The molecule has 4 nitrogen and oxygen atoms in total. The van der Waals surface area contributed by atoms with Gasteiger partial charge in [-0.25, -0.2) is 0 Å². The number of aromatic nitrogens is 1. The fourth-order valence-electron chi connectivity index (χ4n) is 2.93. The van der Waals surface area contributed by atoms with E-state index in [1.54, 1.807) is 0 Å². The zero-order chi connectivity index (χ0) is 19.4. The summed E-state index contributed by atoms with van der Waals surface area (Å²) in [5, 5.41) is 0. The van der Waals surface area contributed by atoms with E-state index in [1.807, 2.05) is 65.4 Å². The molecule has 3 rings (SSSR count). The highest BCUT2D eigenvalue weighted by Gasteiger charge is 2.02. The van der Waals surface area contributed by atoms with Crippen molar-refractivity contribution in [1.82, 2.24) is 4.57 Å². The second kappa shape index (κ2) is 11.0. The molecule has 1 aromatic heterocycles. The normalized spacial score (nSPS) is 11.5. The Morgan fingerprint density at radius 2 is 1.50 bits per heavy atom. The van der Waals surface area contributed by atoms with Crippen molar-refractivity contribution >= 4 is 5.91 Å². The Bertz CT molecular complexity index is 918. The summed E-state index contributed by atoms with van der Waals surface area (Å²) in [6.45, 7) is 1.94. The molecule has 0 aliphatic heterocycles. The highest BCUT2D eigenvalue weighted by molar-refractivity contribution is 5.76. The van der Waals surface area contributed by atoms with Crippen LogP contribution in [0.3, 0.4) is 0 Å². The van der Waals surface area contributed by atoms with Gasteiger partial charge in [0.2, 0.25) is 5.91 Å². The SMILES string of the molecule is O=C(CCCOCCc1ccccc1)N=c1ccccn1Cc1ccccc1. The van der Waals surface area contributed by atoms with E-state index in [4.69, 9.17) is 4.74 Å². The Morgan fingerprint density at radius 3 is 2.25 bits per heavy atom. The van der Waals surface area contributed by atoms with Crippen molar-refractivity contribution in [2.45, 2.75) is 25.8 Å². The molecule has 0 unspecified atom stereocenters. The highest BCUT2D eigenvalue weighted by atomic mass is 16.5. The average molecular weight is 374 g/mol. The number of hydrogen-bond acceptors (Lipinski definition) is 2. The van der Waals surface area contributed by atoms with Gasteiger partial charge < -0.3 is 9.30 Å². The lowest BCUT2D eigenvalue weighted by molar-refractivity contribution is -0.118. The third kappa shape index (κ3) is 6.63. The smallest absolute Gasteiger partial charge is 0.247 e. The predicted molar refractivity (Wildman–Crippen MR) is 111 cm³/mol. The van der Waals surface area contributed by atoms with Crippen molar-refractivity contribution in [2.24, 2.45) is 4.99 Å². The van der Waals surface area contributed by atoms with E-state index in [1.165, 1.54) is 11.1 Å².